The van der Waals surface area contributed by atoms with Crippen LogP contribution in [0.1, 0.15) is 38.7 Å². The summed E-state index contributed by atoms with van der Waals surface area (Å²) in [6.45, 7) is 5.83. The van der Waals surface area contributed by atoms with E-state index in [9.17, 15) is 9.59 Å². The van der Waals surface area contributed by atoms with Gasteiger partial charge in [-0.3, -0.25) is 9.59 Å². The molecule has 6 heteroatoms. The first-order chi connectivity index (χ1) is 12.4. The van der Waals surface area contributed by atoms with Crippen LogP contribution in [0.25, 0.3) is 0 Å². The first-order valence-electron chi connectivity index (χ1n) is 9.35. The highest BCUT2D eigenvalue weighted by Gasteiger charge is 2.29. The highest BCUT2D eigenvalue weighted by molar-refractivity contribution is 5.82. The van der Waals surface area contributed by atoms with Gasteiger partial charge in [-0.25, -0.2) is 0 Å². The van der Waals surface area contributed by atoms with Crippen LogP contribution in [-0.2, 0) is 16.1 Å². The topological polar surface area (TPSA) is 84.7 Å². The highest BCUT2D eigenvalue weighted by Crippen LogP contribution is 2.19. The van der Waals surface area contributed by atoms with Crippen molar-refractivity contribution in [3.05, 3.63) is 29.8 Å². The van der Waals surface area contributed by atoms with Crippen LogP contribution in [0.4, 0.5) is 0 Å². The number of amides is 2. The van der Waals surface area contributed by atoms with Crippen molar-refractivity contribution in [2.75, 3.05) is 20.2 Å². The molecule has 2 amide bonds. The lowest BCUT2D eigenvalue weighted by atomic mass is 9.94. The van der Waals surface area contributed by atoms with E-state index in [0.717, 1.165) is 11.3 Å². The molecule has 1 fully saturated rings. The summed E-state index contributed by atoms with van der Waals surface area (Å²) in [6.07, 6.45) is 2.07. The van der Waals surface area contributed by atoms with Gasteiger partial charge in [-0.15, -0.1) is 0 Å². The number of carbonyl (C=O) groups is 2. The Morgan fingerprint density at radius 3 is 2.38 bits per heavy atom. The quantitative estimate of drug-likeness (QED) is 0.777. The number of ether oxygens (including phenoxy) is 1. The SMILES string of the molecule is COc1ccc(CNC(=O)C2CCN(C(=O)[C@@H](N)CC(C)C)CC2)cc1. The van der Waals surface area contributed by atoms with E-state index >= 15 is 0 Å². The van der Waals surface area contributed by atoms with Crippen LogP contribution in [0, 0.1) is 11.8 Å². The maximum atomic E-state index is 12.4. The van der Waals surface area contributed by atoms with Crippen molar-refractivity contribution in [3.8, 4) is 5.75 Å². The summed E-state index contributed by atoms with van der Waals surface area (Å²) < 4.78 is 5.13. The minimum atomic E-state index is -0.435. The molecule has 1 aromatic rings. The molecule has 0 unspecified atom stereocenters. The molecule has 0 saturated carbocycles. The zero-order valence-corrected chi connectivity index (χ0v) is 16.0. The van der Waals surface area contributed by atoms with Crippen molar-refractivity contribution in [1.29, 1.82) is 0 Å². The zero-order chi connectivity index (χ0) is 19.1. The molecule has 3 N–H and O–H groups in total. The first-order valence-corrected chi connectivity index (χ1v) is 9.35. The lowest BCUT2D eigenvalue weighted by Gasteiger charge is -2.33. The van der Waals surface area contributed by atoms with Gasteiger partial charge in [0.25, 0.3) is 0 Å². The molecular weight excluding hydrogens is 330 g/mol. The summed E-state index contributed by atoms with van der Waals surface area (Å²) in [4.78, 5) is 26.6. The predicted molar refractivity (Wildman–Crippen MR) is 102 cm³/mol. The Morgan fingerprint density at radius 1 is 1.23 bits per heavy atom. The first kappa shape index (κ1) is 20.2. The molecule has 144 valence electrons. The standard InChI is InChI=1S/C20H31N3O3/c1-14(2)12-18(21)20(25)23-10-8-16(9-11-23)19(24)22-13-15-4-6-17(26-3)7-5-15/h4-7,14,16,18H,8-13,21H2,1-3H3,(H,22,24)/t18-/m0/s1. The second kappa shape index (κ2) is 9.57. The summed E-state index contributed by atoms with van der Waals surface area (Å²) in [5.74, 6) is 1.22. The Bertz CT molecular complexity index is 593. The Labute approximate surface area is 156 Å². The number of carbonyl (C=O) groups excluding carboxylic acids is 2. The van der Waals surface area contributed by atoms with Crippen molar-refractivity contribution < 1.29 is 14.3 Å². The van der Waals surface area contributed by atoms with Crippen LogP contribution in [0.5, 0.6) is 5.75 Å². The Kier molecular flexibility index (Phi) is 7.45. The fourth-order valence-corrected chi connectivity index (χ4v) is 3.28. The molecule has 0 spiro atoms. The second-order valence-electron chi connectivity index (χ2n) is 7.40. The maximum absolute atomic E-state index is 12.4. The lowest BCUT2D eigenvalue weighted by Crippen LogP contribution is -2.49. The van der Waals surface area contributed by atoms with E-state index in [0.29, 0.717) is 44.8 Å². The summed E-state index contributed by atoms with van der Waals surface area (Å²) in [5, 5.41) is 2.99. The third kappa shape index (κ3) is 5.73. The molecule has 0 aromatic heterocycles. The van der Waals surface area contributed by atoms with E-state index in [1.807, 2.05) is 24.3 Å². The average Bonchev–Trinajstić information content (AvgIpc) is 2.65. The molecule has 1 aliphatic heterocycles. The fourth-order valence-electron chi connectivity index (χ4n) is 3.28. The van der Waals surface area contributed by atoms with Crippen LogP contribution in [0.3, 0.4) is 0 Å². The van der Waals surface area contributed by atoms with Gasteiger partial charge in [0.1, 0.15) is 5.75 Å². The zero-order valence-electron chi connectivity index (χ0n) is 16.0. The smallest absolute Gasteiger partial charge is 0.239 e. The van der Waals surface area contributed by atoms with E-state index in [4.69, 9.17) is 10.5 Å². The summed E-state index contributed by atoms with van der Waals surface area (Å²) >= 11 is 0. The molecule has 6 nitrogen and oxygen atoms in total. The Morgan fingerprint density at radius 2 is 1.85 bits per heavy atom. The molecule has 0 bridgehead atoms. The van der Waals surface area contributed by atoms with Gasteiger partial charge in [-0.1, -0.05) is 26.0 Å². The Balaban J connectivity index is 1.76. The third-order valence-corrected chi connectivity index (χ3v) is 4.85. The van der Waals surface area contributed by atoms with Gasteiger partial charge in [0.2, 0.25) is 11.8 Å². The van der Waals surface area contributed by atoms with Gasteiger partial charge in [0.05, 0.1) is 13.2 Å². The van der Waals surface area contributed by atoms with Gasteiger partial charge in [-0.2, -0.15) is 0 Å². The maximum Gasteiger partial charge on any atom is 0.239 e. The molecule has 1 heterocycles. The van der Waals surface area contributed by atoms with Crippen LogP contribution >= 0.6 is 0 Å². The van der Waals surface area contributed by atoms with E-state index < -0.39 is 6.04 Å². The van der Waals surface area contributed by atoms with Crippen LogP contribution < -0.4 is 15.8 Å². The molecule has 1 atom stereocenters. The number of hydrogen-bond acceptors (Lipinski definition) is 4. The third-order valence-electron chi connectivity index (χ3n) is 4.85. The summed E-state index contributed by atoms with van der Waals surface area (Å²) in [5.41, 5.74) is 7.03. The number of nitrogens with one attached hydrogen (secondary N) is 1. The average molecular weight is 361 g/mol. The van der Waals surface area contributed by atoms with Gasteiger partial charge in [0, 0.05) is 25.6 Å². The normalized spacial score (nSPS) is 16.4. The molecule has 0 radical (unpaired) electrons. The van der Waals surface area contributed by atoms with E-state index in [1.54, 1.807) is 12.0 Å². The molecule has 2 rings (SSSR count). The second-order valence-corrected chi connectivity index (χ2v) is 7.40. The fraction of sp³-hybridized carbons (Fsp3) is 0.600. The van der Waals surface area contributed by atoms with Crippen LogP contribution in [0.2, 0.25) is 0 Å². The van der Waals surface area contributed by atoms with Crippen LogP contribution in [0.15, 0.2) is 24.3 Å². The molecule has 0 aliphatic carbocycles. The summed E-state index contributed by atoms with van der Waals surface area (Å²) in [6, 6.07) is 7.21. The van der Waals surface area contributed by atoms with Crippen molar-refractivity contribution in [1.82, 2.24) is 10.2 Å². The molecule has 1 aromatic carbocycles. The predicted octanol–water partition coefficient (Wildman–Crippen LogP) is 1.92. The number of rotatable bonds is 7. The largest absolute Gasteiger partial charge is 0.497 e. The number of nitrogens with zero attached hydrogens (tertiary/aromatic N) is 1. The minimum Gasteiger partial charge on any atom is -0.497 e. The number of piperidine rings is 1. The number of hydrogen-bond donors (Lipinski definition) is 2. The van der Waals surface area contributed by atoms with Gasteiger partial charge >= 0.3 is 0 Å². The molecular formula is C20H31N3O3. The number of likely N-dealkylation sites (tertiary alicyclic amines) is 1. The number of nitrogens with two attached hydrogens (primary N) is 1. The molecule has 1 aliphatic rings. The van der Waals surface area contributed by atoms with E-state index in [2.05, 4.69) is 19.2 Å². The minimum absolute atomic E-state index is 0.00999. The van der Waals surface area contributed by atoms with Gasteiger partial charge in [-0.05, 0) is 42.9 Å². The monoisotopic (exact) mass is 361 g/mol. The molecule has 26 heavy (non-hydrogen) atoms. The summed E-state index contributed by atoms with van der Waals surface area (Å²) in [7, 11) is 1.63. The Hall–Kier alpha value is -2.08. The number of methoxy groups -OCH3 is 1. The van der Waals surface area contributed by atoms with Crippen molar-refractivity contribution >= 4 is 11.8 Å². The number of benzene rings is 1. The molecule has 1 saturated heterocycles. The van der Waals surface area contributed by atoms with Crippen molar-refractivity contribution in [2.24, 2.45) is 17.6 Å². The van der Waals surface area contributed by atoms with Gasteiger partial charge < -0.3 is 20.7 Å². The van der Waals surface area contributed by atoms with Gasteiger partial charge in [0.15, 0.2) is 0 Å². The lowest BCUT2D eigenvalue weighted by molar-refractivity contribution is -0.137. The van der Waals surface area contributed by atoms with Crippen molar-refractivity contribution in [2.45, 2.75) is 45.7 Å². The highest BCUT2D eigenvalue weighted by atomic mass is 16.5. The van der Waals surface area contributed by atoms with Crippen molar-refractivity contribution in [3.63, 3.8) is 0 Å². The van der Waals surface area contributed by atoms with E-state index in [1.165, 1.54) is 0 Å². The van der Waals surface area contributed by atoms with Crippen LogP contribution in [-0.4, -0.2) is 43.0 Å². The van der Waals surface area contributed by atoms with E-state index in [-0.39, 0.29) is 17.7 Å².